The molecule has 1 aliphatic rings. The number of hydrogen-bond donors (Lipinski definition) is 1. The van der Waals surface area contributed by atoms with E-state index in [2.05, 4.69) is 10.1 Å². The molecule has 0 spiro atoms. The number of hydrogen-bond acceptors (Lipinski definition) is 5. The highest BCUT2D eigenvalue weighted by Crippen LogP contribution is 2.33. The maximum atomic E-state index is 12.9. The minimum Gasteiger partial charge on any atom is -0.457 e. The first-order valence-electron chi connectivity index (χ1n) is 8.89. The maximum Gasteiger partial charge on any atom is 0.442 e. The van der Waals surface area contributed by atoms with Gasteiger partial charge in [0.05, 0.1) is 13.2 Å². The standard InChI is InChI=1S/C19H23N3O5/c1-2-27-17(24)15(22-20)16(23)19(9-6-11-21-18(19)25)10-12-26-13-14-7-4-3-5-8-14/h3-5,7-8H,2,6,9-13H2,1H3,(H,21,25). The summed E-state index contributed by atoms with van der Waals surface area (Å²) in [5.41, 5.74) is 7.84. The first-order valence-corrected chi connectivity index (χ1v) is 8.89. The molecule has 27 heavy (non-hydrogen) atoms. The van der Waals surface area contributed by atoms with Crippen LogP contribution in [0, 0.1) is 5.41 Å². The number of nitrogens with zero attached hydrogens (tertiary/aromatic N) is 2. The molecule has 8 nitrogen and oxygen atoms in total. The van der Waals surface area contributed by atoms with E-state index in [-0.39, 0.29) is 26.1 Å². The van der Waals surface area contributed by atoms with Crippen molar-refractivity contribution in [2.75, 3.05) is 19.8 Å². The highest BCUT2D eigenvalue weighted by Gasteiger charge is 2.53. The Balaban J connectivity index is 2.12. The maximum absolute atomic E-state index is 12.9. The van der Waals surface area contributed by atoms with Crippen molar-refractivity contribution in [3.05, 3.63) is 41.4 Å². The summed E-state index contributed by atoms with van der Waals surface area (Å²) in [7, 11) is 0. The summed E-state index contributed by atoms with van der Waals surface area (Å²) >= 11 is 0. The van der Waals surface area contributed by atoms with Crippen molar-refractivity contribution in [1.82, 2.24) is 5.32 Å². The zero-order valence-electron chi connectivity index (χ0n) is 15.3. The summed E-state index contributed by atoms with van der Waals surface area (Å²) in [6, 6.07) is 9.49. The van der Waals surface area contributed by atoms with Crippen LogP contribution in [-0.4, -0.2) is 47.9 Å². The molecule has 144 valence electrons. The highest BCUT2D eigenvalue weighted by atomic mass is 16.5. The van der Waals surface area contributed by atoms with Crippen molar-refractivity contribution in [2.45, 2.75) is 32.8 Å². The summed E-state index contributed by atoms with van der Waals surface area (Å²) in [6.45, 7) is 2.51. The lowest BCUT2D eigenvalue weighted by atomic mass is 9.72. The lowest BCUT2D eigenvalue weighted by Gasteiger charge is -2.32. The van der Waals surface area contributed by atoms with Crippen LogP contribution in [0.1, 0.15) is 31.7 Å². The number of esters is 1. The number of carbonyl (C=O) groups is 3. The monoisotopic (exact) mass is 373 g/mol. The summed E-state index contributed by atoms with van der Waals surface area (Å²) in [5.74, 6) is -2.38. The molecule has 1 aliphatic heterocycles. The number of benzene rings is 1. The Labute approximate surface area is 157 Å². The molecule has 1 saturated heterocycles. The predicted molar refractivity (Wildman–Crippen MR) is 95.7 cm³/mol. The molecule has 1 aromatic rings. The van der Waals surface area contributed by atoms with Gasteiger partial charge in [-0.05, 0) is 31.7 Å². The van der Waals surface area contributed by atoms with Crippen molar-refractivity contribution in [3.8, 4) is 0 Å². The van der Waals surface area contributed by atoms with Crippen molar-refractivity contribution in [3.63, 3.8) is 0 Å². The number of ketones is 1. The van der Waals surface area contributed by atoms with E-state index >= 15 is 0 Å². The van der Waals surface area contributed by atoms with Crippen LogP contribution in [0.25, 0.3) is 5.53 Å². The van der Waals surface area contributed by atoms with E-state index in [0.717, 1.165) is 5.56 Å². The van der Waals surface area contributed by atoms with Crippen LogP contribution in [0.5, 0.6) is 0 Å². The summed E-state index contributed by atoms with van der Waals surface area (Å²) < 4.78 is 10.4. The average molecular weight is 373 g/mol. The average Bonchev–Trinajstić information content (AvgIpc) is 2.68. The van der Waals surface area contributed by atoms with Crippen LogP contribution >= 0.6 is 0 Å². The summed E-state index contributed by atoms with van der Waals surface area (Å²) in [4.78, 5) is 40.2. The van der Waals surface area contributed by atoms with Gasteiger partial charge in [-0.15, -0.1) is 0 Å². The van der Waals surface area contributed by atoms with Crippen LogP contribution in [0.4, 0.5) is 0 Å². The van der Waals surface area contributed by atoms with Crippen LogP contribution < -0.4 is 5.32 Å². The van der Waals surface area contributed by atoms with E-state index in [0.29, 0.717) is 19.6 Å². The molecule has 1 N–H and O–H groups in total. The van der Waals surface area contributed by atoms with E-state index < -0.39 is 28.8 Å². The molecule has 0 aliphatic carbocycles. The van der Waals surface area contributed by atoms with Crippen molar-refractivity contribution < 1.29 is 28.6 Å². The van der Waals surface area contributed by atoms with Crippen molar-refractivity contribution in [1.29, 1.82) is 0 Å². The van der Waals surface area contributed by atoms with Gasteiger partial charge in [-0.3, -0.25) is 9.59 Å². The zero-order valence-corrected chi connectivity index (χ0v) is 15.3. The van der Waals surface area contributed by atoms with E-state index in [9.17, 15) is 14.4 Å². The van der Waals surface area contributed by atoms with E-state index in [1.165, 1.54) is 0 Å². The van der Waals surface area contributed by atoms with Gasteiger partial charge in [0.15, 0.2) is 0 Å². The molecule has 1 fully saturated rings. The molecule has 1 amide bonds. The van der Waals surface area contributed by atoms with Crippen LogP contribution in [0.2, 0.25) is 0 Å². The van der Waals surface area contributed by atoms with Crippen LogP contribution in [0.15, 0.2) is 30.3 Å². The second-order valence-corrected chi connectivity index (χ2v) is 6.23. The SMILES string of the molecule is CCOC(=O)C(=[N+]=[N-])C(=O)C1(CCOCc2ccccc2)CCCNC1=O. The molecule has 0 aromatic heterocycles. The lowest BCUT2D eigenvalue weighted by Crippen LogP contribution is -2.54. The van der Waals surface area contributed by atoms with Crippen LogP contribution in [-0.2, 0) is 30.5 Å². The van der Waals surface area contributed by atoms with Gasteiger partial charge in [-0.2, -0.15) is 4.79 Å². The minimum atomic E-state index is -1.51. The number of ether oxygens (including phenoxy) is 2. The quantitative estimate of drug-likeness (QED) is 0.175. The molecule has 0 radical (unpaired) electrons. The van der Waals surface area contributed by atoms with Gasteiger partial charge in [0.25, 0.3) is 5.78 Å². The van der Waals surface area contributed by atoms with Crippen molar-refractivity contribution in [2.24, 2.45) is 5.41 Å². The van der Waals surface area contributed by atoms with Gasteiger partial charge >= 0.3 is 11.7 Å². The van der Waals surface area contributed by atoms with Crippen molar-refractivity contribution >= 4 is 23.4 Å². The molecule has 1 unspecified atom stereocenters. The van der Waals surface area contributed by atoms with Gasteiger partial charge in [0.2, 0.25) is 5.91 Å². The van der Waals surface area contributed by atoms with Gasteiger partial charge in [-0.25, -0.2) is 4.79 Å². The van der Waals surface area contributed by atoms with E-state index in [4.69, 9.17) is 15.0 Å². The fourth-order valence-electron chi connectivity index (χ4n) is 3.06. The van der Waals surface area contributed by atoms with Gasteiger partial charge in [-0.1, -0.05) is 30.3 Å². The number of carbonyl (C=O) groups excluding carboxylic acids is 3. The Morgan fingerprint density at radius 1 is 1.30 bits per heavy atom. The molecule has 8 heteroatoms. The summed E-state index contributed by atoms with van der Waals surface area (Å²) in [5, 5.41) is 2.66. The lowest BCUT2D eigenvalue weighted by molar-refractivity contribution is -0.148. The molecule has 2 rings (SSSR count). The third-order valence-corrected chi connectivity index (χ3v) is 4.50. The minimum absolute atomic E-state index is 0.0184. The Morgan fingerprint density at radius 3 is 2.67 bits per heavy atom. The predicted octanol–water partition coefficient (Wildman–Crippen LogP) is 1.29. The third kappa shape index (κ3) is 4.87. The number of amides is 1. The fraction of sp³-hybridized carbons (Fsp3) is 0.474. The Hall–Kier alpha value is -2.83. The molecule has 0 saturated carbocycles. The molecular formula is C19H23N3O5. The smallest absolute Gasteiger partial charge is 0.442 e. The topological polar surface area (TPSA) is 118 Å². The van der Waals surface area contributed by atoms with Crippen LogP contribution in [0.3, 0.4) is 0 Å². The zero-order chi connectivity index (χ0) is 19.7. The summed E-state index contributed by atoms with van der Waals surface area (Å²) in [6.07, 6.45) is 0.880. The van der Waals surface area contributed by atoms with Gasteiger partial charge in [0.1, 0.15) is 5.41 Å². The second-order valence-electron chi connectivity index (χ2n) is 6.23. The Morgan fingerprint density at radius 2 is 2.04 bits per heavy atom. The largest absolute Gasteiger partial charge is 0.457 e. The second kappa shape index (κ2) is 9.75. The third-order valence-electron chi connectivity index (χ3n) is 4.50. The normalized spacial score (nSPS) is 18.9. The van der Waals surface area contributed by atoms with Gasteiger partial charge in [0, 0.05) is 13.2 Å². The molecular weight excluding hydrogens is 350 g/mol. The first kappa shape index (κ1) is 20.5. The number of piperidine rings is 1. The Bertz CT molecular complexity index is 743. The Kier molecular flexibility index (Phi) is 7.40. The molecule has 0 bridgehead atoms. The first-order chi connectivity index (χ1) is 13.0. The molecule has 1 aromatic carbocycles. The molecule has 1 atom stereocenters. The van der Waals surface area contributed by atoms with E-state index in [1.54, 1.807) is 6.92 Å². The fourth-order valence-corrected chi connectivity index (χ4v) is 3.06. The number of nitrogens with one attached hydrogen (secondary N) is 1. The van der Waals surface area contributed by atoms with E-state index in [1.807, 2.05) is 30.3 Å². The molecule has 1 heterocycles. The number of rotatable bonds is 9. The highest BCUT2D eigenvalue weighted by molar-refractivity contribution is 6.64. The van der Waals surface area contributed by atoms with Gasteiger partial charge < -0.3 is 20.3 Å². The number of Topliss-reactive ketones (excluding diaryl/α,β-unsaturated/α-hetero) is 1.